The first kappa shape index (κ1) is 14.0. The lowest BCUT2D eigenvalue weighted by molar-refractivity contribution is 0.220. The molecule has 0 radical (unpaired) electrons. The minimum absolute atomic E-state index is 0.457. The van der Waals surface area contributed by atoms with Crippen molar-refractivity contribution in [1.82, 2.24) is 15.3 Å². The molecule has 2 aliphatic rings. The van der Waals surface area contributed by atoms with Gasteiger partial charge in [0.2, 0.25) is 0 Å². The Morgan fingerprint density at radius 2 is 1.95 bits per heavy atom. The van der Waals surface area contributed by atoms with E-state index in [4.69, 9.17) is 9.97 Å². The van der Waals surface area contributed by atoms with Crippen LogP contribution in [0.2, 0.25) is 0 Å². The summed E-state index contributed by atoms with van der Waals surface area (Å²) in [6, 6.07) is 0.457. The number of fused-ring (bicyclic) bond motifs is 1. The van der Waals surface area contributed by atoms with Gasteiger partial charge in [0.25, 0.3) is 0 Å². The van der Waals surface area contributed by atoms with Crippen LogP contribution in [0.25, 0.3) is 0 Å². The van der Waals surface area contributed by atoms with Crippen LogP contribution >= 0.6 is 0 Å². The normalized spacial score (nSPS) is 26.2. The van der Waals surface area contributed by atoms with Crippen LogP contribution in [0.5, 0.6) is 0 Å². The van der Waals surface area contributed by atoms with Crippen LogP contribution in [0.1, 0.15) is 81.4 Å². The molecule has 1 unspecified atom stereocenters. The molecule has 0 aromatic carbocycles. The monoisotopic (exact) mass is 273 g/mol. The number of aryl methyl sites for hydroxylation is 1. The molecule has 3 nitrogen and oxygen atoms in total. The summed E-state index contributed by atoms with van der Waals surface area (Å²) in [6.07, 6.45) is 10.8. The maximum absolute atomic E-state index is 4.93. The number of hydrogen-bond acceptors (Lipinski definition) is 3. The maximum Gasteiger partial charge on any atom is 0.131 e. The van der Waals surface area contributed by atoms with Crippen LogP contribution in [-0.4, -0.2) is 17.0 Å². The summed E-state index contributed by atoms with van der Waals surface area (Å²) in [6.45, 7) is 4.77. The summed E-state index contributed by atoms with van der Waals surface area (Å²) in [5, 5.41) is 3.39. The molecule has 1 atom stereocenters. The topological polar surface area (TPSA) is 37.8 Å². The minimum atomic E-state index is 0.457. The second-order valence-electron chi connectivity index (χ2n) is 7.30. The van der Waals surface area contributed by atoms with Crippen LogP contribution in [-0.2, 0) is 6.42 Å². The highest BCUT2D eigenvalue weighted by Gasteiger charge is 2.30. The molecular formula is C17H27N3. The molecule has 0 amide bonds. The summed E-state index contributed by atoms with van der Waals surface area (Å²) in [5.41, 5.74) is 3.14. The number of nitrogens with one attached hydrogen (secondary N) is 1. The molecule has 1 fully saturated rings. The van der Waals surface area contributed by atoms with Crippen LogP contribution in [0.4, 0.5) is 0 Å². The van der Waals surface area contributed by atoms with E-state index in [1.54, 1.807) is 0 Å². The van der Waals surface area contributed by atoms with Gasteiger partial charge >= 0.3 is 0 Å². The molecule has 1 N–H and O–H groups in total. The summed E-state index contributed by atoms with van der Waals surface area (Å²) < 4.78 is 0. The Kier molecular flexibility index (Phi) is 3.80. The third kappa shape index (κ3) is 2.73. The van der Waals surface area contributed by atoms with Gasteiger partial charge in [-0.05, 0) is 57.4 Å². The number of rotatable bonds is 2. The van der Waals surface area contributed by atoms with Crippen molar-refractivity contribution in [3.05, 3.63) is 23.3 Å². The Balaban J connectivity index is 1.79. The molecule has 20 heavy (non-hydrogen) atoms. The largest absolute Gasteiger partial charge is 0.313 e. The van der Waals surface area contributed by atoms with Gasteiger partial charge in [-0.25, -0.2) is 9.97 Å². The Bertz CT molecular complexity index is 471. The van der Waals surface area contributed by atoms with Crippen LogP contribution in [0, 0.1) is 5.41 Å². The van der Waals surface area contributed by atoms with Crippen LogP contribution in [0.3, 0.4) is 0 Å². The Morgan fingerprint density at radius 1 is 1.20 bits per heavy atom. The van der Waals surface area contributed by atoms with Gasteiger partial charge in [-0.3, -0.25) is 0 Å². The van der Waals surface area contributed by atoms with E-state index >= 15 is 0 Å². The van der Waals surface area contributed by atoms with Gasteiger partial charge in [0, 0.05) is 29.4 Å². The average Bonchev–Trinajstić information content (AvgIpc) is 2.46. The first-order valence-corrected chi connectivity index (χ1v) is 8.12. The molecule has 0 bridgehead atoms. The van der Waals surface area contributed by atoms with Crippen molar-refractivity contribution in [2.75, 3.05) is 7.05 Å². The fourth-order valence-corrected chi connectivity index (χ4v) is 3.72. The lowest BCUT2D eigenvalue weighted by Crippen LogP contribution is -2.25. The standard InChI is InChI=1S/C17H27N3/c1-17(2)9-7-12(8-10-17)16-19-11-13-14(18-3)5-4-6-15(13)20-16/h11-12,14,18H,4-10H2,1-3H3. The molecule has 0 spiro atoms. The summed E-state index contributed by atoms with van der Waals surface area (Å²) in [4.78, 5) is 9.64. The Hall–Kier alpha value is -0.960. The van der Waals surface area contributed by atoms with Crippen molar-refractivity contribution in [3.8, 4) is 0 Å². The van der Waals surface area contributed by atoms with E-state index in [1.807, 2.05) is 7.05 Å². The molecule has 3 heteroatoms. The number of hydrogen-bond donors (Lipinski definition) is 1. The molecule has 3 rings (SSSR count). The van der Waals surface area contributed by atoms with Gasteiger partial charge in [-0.1, -0.05) is 13.8 Å². The molecule has 2 aliphatic carbocycles. The first-order valence-electron chi connectivity index (χ1n) is 8.12. The smallest absolute Gasteiger partial charge is 0.131 e. The van der Waals surface area contributed by atoms with Crippen molar-refractivity contribution in [3.63, 3.8) is 0 Å². The fourth-order valence-electron chi connectivity index (χ4n) is 3.72. The number of nitrogens with zero attached hydrogens (tertiary/aromatic N) is 2. The zero-order valence-corrected chi connectivity index (χ0v) is 13.1. The van der Waals surface area contributed by atoms with Crippen molar-refractivity contribution in [2.45, 2.75) is 70.8 Å². The van der Waals surface area contributed by atoms with E-state index < -0.39 is 0 Å². The highest BCUT2D eigenvalue weighted by Crippen LogP contribution is 2.41. The van der Waals surface area contributed by atoms with E-state index in [1.165, 1.54) is 49.8 Å². The summed E-state index contributed by atoms with van der Waals surface area (Å²) >= 11 is 0. The SMILES string of the molecule is CNC1CCCc2nc(C3CCC(C)(C)CC3)ncc21. The molecule has 1 saturated carbocycles. The van der Waals surface area contributed by atoms with Crippen molar-refractivity contribution in [1.29, 1.82) is 0 Å². The second-order valence-corrected chi connectivity index (χ2v) is 7.30. The highest BCUT2D eigenvalue weighted by molar-refractivity contribution is 5.25. The predicted molar refractivity (Wildman–Crippen MR) is 81.8 cm³/mol. The molecule has 1 aromatic rings. The Labute approximate surface area is 122 Å². The molecule has 0 saturated heterocycles. The van der Waals surface area contributed by atoms with Crippen LogP contribution in [0.15, 0.2) is 6.20 Å². The maximum atomic E-state index is 4.93. The second kappa shape index (κ2) is 5.44. The average molecular weight is 273 g/mol. The lowest BCUT2D eigenvalue weighted by atomic mass is 9.73. The number of aromatic nitrogens is 2. The van der Waals surface area contributed by atoms with E-state index in [-0.39, 0.29) is 0 Å². The van der Waals surface area contributed by atoms with Crippen molar-refractivity contribution >= 4 is 0 Å². The lowest BCUT2D eigenvalue weighted by Gasteiger charge is -2.34. The quantitative estimate of drug-likeness (QED) is 0.891. The van der Waals surface area contributed by atoms with E-state index in [0.29, 0.717) is 17.4 Å². The highest BCUT2D eigenvalue weighted by atomic mass is 14.9. The molecule has 1 heterocycles. The van der Waals surface area contributed by atoms with Gasteiger partial charge in [-0.2, -0.15) is 0 Å². The van der Waals surface area contributed by atoms with E-state index in [9.17, 15) is 0 Å². The van der Waals surface area contributed by atoms with E-state index in [0.717, 1.165) is 12.2 Å². The van der Waals surface area contributed by atoms with Gasteiger partial charge in [-0.15, -0.1) is 0 Å². The van der Waals surface area contributed by atoms with Gasteiger partial charge in [0.15, 0.2) is 0 Å². The molecule has 1 aromatic heterocycles. The van der Waals surface area contributed by atoms with Gasteiger partial charge < -0.3 is 5.32 Å². The predicted octanol–water partition coefficient (Wildman–Crippen LogP) is 3.76. The van der Waals surface area contributed by atoms with Gasteiger partial charge in [0.05, 0.1) is 0 Å². The minimum Gasteiger partial charge on any atom is -0.313 e. The zero-order chi connectivity index (χ0) is 14.2. The van der Waals surface area contributed by atoms with Crippen LogP contribution < -0.4 is 5.32 Å². The van der Waals surface area contributed by atoms with Crippen molar-refractivity contribution < 1.29 is 0 Å². The molecular weight excluding hydrogens is 246 g/mol. The third-order valence-corrected chi connectivity index (χ3v) is 5.25. The Morgan fingerprint density at radius 3 is 2.65 bits per heavy atom. The van der Waals surface area contributed by atoms with Crippen molar-refractivity contribution in [2.24, 2.45) is 5.41 Å². The summed E-state index contributed by atoms with van der Waals surface area (Å²) in [7, 11) is 2.04. The zero-order valence-electron chi connectivity index (χ0n) is 13.1. The molecule has 110 valence electrons. The summed E-state index contributed by atoms with van der Waals surface area (Å²) in [5.74, 6) is 1.69. The third-order valence-electron chi connectivity index (χ3n) is 5.25. The first-order chi connectivity index (χ1) is 9.59. The van der Waals surface area contributed by atoms with Gasteiger partial charge in [0.1, 0.15) is 5.82 Å². The molecule has 0 aliphatic heterocycles. The van der Waals surface area contributed by atoms with E-state index in [2.05, 4.69) is 25.4 Å². The fraction of sp³-hybridized carbons (Fsp3) is 0.765.